The van der Waals surface area contributed by atoms with Crippen molar-refractivity contribution >= 4 is 11.8 Å². The summed E-state index contributed by atoms with van der Waals surface area (Å²) >= 11 is 0. The van der Waals surface area contributed by atoms with E-state index in [2.05, 4.69) is 9.88 Å². The molecule has 7 heteroatoms. The molecule has 146 valence electrons. The molecule has 3 aliphatic heterocycles. The summed E-state index contributed by atoms with van der Waals surface area (Å²) < 4.78 is 5.45. The molecule has 3 aliphatic rings. The molecule has 27 heavy (non-hydrogen) atoms. The number of ether oxygens (including phenoxy) is 1. The van der Waals surface area contributed by atoms with Crippen molar-refractivity contribution < 1.29 is 14.3 Å². The van der Waals surface area contributed by atoms with Crippen molar-refractivity contribution in [2.45, 2.75) is 31.8 Å². The van der Waals surface area contributed by atoms with E-state index in [9.17, 15) is 9.59 Å². The van der Waals surface area contributed by atoms with Gasteiger partial charge in [-0.15, -0.1) is 0 Å². The number of nitrogens with zero attached hydrogens (tertiary/aromatic N) is 4. The maximum absolute atomic E-state index is 12.9. The van der Waals surface area contributed by atoms with Crippen LogP contribution in [-0.2, 0) is 20.9 Å². The summed E-state index contributed by atoms with van der Waals surface area (Å²) in [7, 11) is 0. The number of aromatic nitrogens is 1. The average Bonchev–Trinajstić information content (AvgIpc) is 3.09. The molecule has 0 unspecified atom stereocenters. The van der Waals surface area contributed by atoms with Gasteiger partial charge in [-0.2, -0.15) is 0 Å². The van der Waals surface area contributed by atoms with Gasteiger partial charge in [-0.05, 0) is 30.5 Å². The lowest BCUT2D eigenvalue weighted by molar-refractivity contribution is -0.138. The third-order valence-corrected chi connectivity index (χ3v) is 6.02. The third kappa shape index (κ3) is 4.30. The van der Waals surface area contributed by atoms with Crippen LogP contribution in [0.3, 0.4) is 0 Å². The fourth-order valence-electron chi connectivity index (χ4n) is 4.41. The van der Waals surface area contributed by atoms with Gasteiger partial charge < -0.3 is 14.5 Å². The van der Waals surface area contributed by atoms with Crippen LogP contribution in [0.15, 0.2) is 24.5 Å². The van der Waals surface area contributed by atoms with Crippen molar-refractivity contribution in [3.8, 4) is 0 Å². The maximum Gasteiger partial charge on any atom is 0.228 e. The average molecular weight is 372 g/mol. The first-order valence-corrected chi connectivity index (χ1v) is 9.98. The van der Waals surface area contributed by atoms with Crippen molar-refractivity contribution in [1.82, 2.24) is 19.7 Å². The molecule has 7 nitrogen and oxygen atoms in total. The minimum atomic E-state index is -0.200. The van der Waals surface area contributed by atoms with E-state index in [1.54, 1.807) is 17.3 Å². The van der Waals surface area contributed by atoms with Gasteiger partial charge in [-0.3, -0.25) is 19.5 Å². The number of likely N-dealkylation sites (tertiary alicyclic amines) is 1. The molecule has 0 bridgehead atoms. The summed E-state index contributed by atoms with van der Waals surface area (Å²) in [5, 5.41) is 0. The molecule has 3 saturated heterocycles. The minimum Gasteiger partial charge on any atom is -0.381 e. The highest BCUT2D eigenvalue weighted by molar-refractivity contribution is 5.89. The molecule has 2 amide bonds. The molecule has 0 radical (unpaired) electrons. The number of carbonyl (C=O) groups is 2. The monoisotopic (exact) mass is 372 g/mol. The van der Waals surface area contributed by atoms with Crippen molar-refractivity contribution in [2.24, 2.45) is 5.92 Å². The first-order chi connectivity index (χ1) is 13.2. The first-order valence-electron chi connectivity index (χ1n) is 9.98. The lowest BCUT2D eigenvalue weighted by atomic mass is 10.0. The van der Waals surface area contributed by atoms with E-state index >= 15 is 0 Å². The summed E-state index contributed by atoms with van der Waals surface area (Å²) in [5.74, 6) is 0.0205. The van der Waals surface area contributed by atoms with Gasteiger partial charge in [0, 0.05) is 77.3 Å². The largest absolute Gasteiger partial charge is 0.381 e. The van der Waals surface area contributed by atoms with Crippen molar-refractivity contribution in [2.75, 3.05) is 45.9 Å². The lowest BCUT2D eigenvalue weighted by Gasteiger charge is -2.41. The zero-order valence-corrected chi connectivity index (χ0v) is 15.8. The molecule has 3 fully saturated rings. The molecule has 0 aliphatic carbocycles. The van der Waals surface area contributed by atoms with Crippen LogP contribution >= 0.6 is 0 Å². The van der Waals surface area contributed by atoms with Crippen LogP contribution in [0.2, 0.25) is 0 Å². The maximum atomic E-state index is 12.9. The van der Waals surface area contributed by atoms with E-state index in [1.807, 2.05) is 17.0 Å². The van der Waals surface area contributed by atoms with E-state index in [1.165, 1.54) is 0 Å². The Hall–Kier alpha value is -1.99. The molecule has 0 saturated carbocycles. The van der Waals surface area contributed by atoms with Gasteiger partial charge in [-0.1, -0.05) is 0 Å². The van der Waals surface area contributed by atoms with Crippen LogP contribution in [0.25, 0.3) is 0 Å². The van der Waals surface area contributed by atoms with E-state index in [4.69, 9.17) is 4.74 Å². The second-order valence-corrected chi connectivity index (χ2v) is 7.74. The summed E-state index contributed by atoms with van der Waals surface area (Å²) in [6, 6.07) is 4.43. The lowest BCUT2D eigenvalue weighted by Crippen LogP contribution is -2.54. The molecular weight excluding hydrogens is 344 g/mol. The highest BCUT2D eigenvalue weighted by Gasteiger charge is 2.37. The normalized spacial score (nSPS) is 25.2. The molecule has 0 N–H and O–H groups in total. The van der Waals surface area contributed by atoms with Gasteiger partial charge >= 0.3 is 0 Å². The number of rotatable bonds is 4. The van der Waals surface area contributed by atoms with Gasteiger partial charge in [0.15, 0.2) is 0 Å². The highest BCUT2D eigenvalue weighted by atomic mass is 16.5. The Kier molecular flexibility index (Phi) is 5.69. The van der Waals surface area contributed by atoms with Crippen LogP contribution in [0.1, 0.15) is 24.8 Å². The molecule has 0 spiro atoms. The van der Waals surface area contributed by atoms with Crippen LogP contribution < -0.4 is 0 Å². The van der Waals surface area contributed by atoms with Crippen molar-refractivity contribution in [3.63, 3.8) is 0 Å². The highest BCUT2D eigenvalue weighted by Crippen LogP contribution is 2.23. The smallest absolute Gasteiger partial charge is 0.228 e. The number of piperazine rings is 1. The Morgan fingerprint density at radius 1 is 1.11 bits per heavy atom. The Morgan fingerprint density at radius 2 is 1.81 bits per heavy atom. The Morgan fingerprint density at radius 3 is 2.52 bits per heavy atom. The fraction of sp³-hybridized carbons (Fsp3) is 0.650. The number of hydrogen-bond donors (Lipinski definition) is 0. The van der Waals surface area contributed by atoms with Crippen LogP contribution in [0, 0.1) is 5.92 Å². The third-order valence-electron chi connectivity index (χ3n) is 6.02. The van der Waals surface area contributed by atoms with E-state index < -0.39 is 0 Å². The number of pyridine rings is 1. The molecule has 1 aromatic heterocycles. The van der Waals surface area contributed by atoms with Crippen molar-refractivity contribution in [1.29, 1.82) is 0 Å². The molecular formula is C20H28N4O3. The number of carbonyl (C=O) groups excluding carboxylic acids is 2. The van der Waals surface area contributed by atoms with Crippen molar-refractivity contribution in [3.05, 3.63) is 30.1 Å². The van der Waals surface area contributed by atoms with Crippen LogP contribution in [0.5, 0.6) is 0 Å². The topological polar surface area (TPSA) is 66.0 Å². The summed E-state index contributed by atoms with van der Waals surface area (Å²) in [5.41, 5.74) is 1.05. The second-order valence-electron chi connectivity index (χ2n) is 7.74. The number of hydrogen-bond acceptors (Lipinski definition) is 5. The second kappa shape index (κ2) is 8.35. The summed E-state index contributed by atoms with van der Waals surface area (Å²) in [6.45, 7) is 6.18. The molecule has 4 rings (SSSR count). The van der Waals surface area contributed by atoms with Gasteiger partial charge in [0.1, 0.15) is 0 Å². The molecule has 0 aromatic carbocycles. The fourth-order valence-corrected chi connectivity index (χ4v) is 4.41. The number of amides is 2. The Balaban J connectivity index is 1.28. The SMILES string of the molecule is O=C1C[C@H](C(=O)N2CCN(C3CCOCC3)CC2)CN1Cc1ccncc1. The van der Waals surface area contributed by atoms with E-state index in [0.29, 0.717) is 25.6 Å². The Labute approximate surface area is 160 Å². The van der Waals surface area contributed by atoms with Gasteiger partial charge in [0.2, 0.25) is 11.8 Å². The zero-order chi connectivity index (χ0) is 18.6. The summed E-state index contributed by atoms with van der Waals surface area (Å²) in [6.07, 6.45) is 5.99. The van der Waals surface area contributed by atoms with E-state index in [-0.39, 0.29) is 17.7 Å². The van der Waals surface area contributed by atoms with E-state index in [0.717, 1.165) is 57.8 Å². The molecule has 4 heterocycles. The van der Waals surface area contributed by atoms with Crippen LogP contribution in [-0.4, -0.2) is 83.5 Å². The predicted molar refractivity (Wildman–Crippen MR) is 99.8 cm³/mol. The van der Waals surface area contributed by atoms with Gasteiger partial charge in [-0.25, -0.2) is 0 Å². The van der Waals surface area contributed by atoms with Gasteiger partial charge in [0.25, 0.3) is 0 Å². The minimum absolute atomic E-state index is 0.0750. The molecule has 1 aromatic rings. The zero-order valence-electron chi connectivity index (χ0n) is 15.8. The standard InChI is InChI=1S/C20H28N4O3/c25-19-13-17(15-24(19)14-16-1-5-21-6-2-16)20(26)23-9-7-22(8-10-23)18-3-11-27-12-4-18/h1-2,5-6,17-18H,3-4,7-15H2/t17-/m0/s1. The van der Waals surface area contributed by atoms with Gasteiger partial charge in [0.05, 0.1) is 5.92 Å². The quantitative estimate of drug-likeness (QED) is 0.781. The van der Waals surface area contributed by atoms with Crippen LogP contribution in [0.4, 0.5) is 0 Å². The molecule has 1 atom stereocenters. The summed E-state index contributed by atoms with van der Waals surface area (Å²) in [4.78, 5) is 35.6. The first kappa shape index (κ1) is 18.4. The predicted octanol–water partition coefficient (Wildman–Crippen LogP) is 0.753. The Bertz CT molecular complexity index is 654.